The minimum Gasteiger partial charge on any atom is -0.477 e. The molecule has 2 heterocycles. The molecule has 0 saturated carbocycles. The van der Waals surface area contributed by atoms with E-state index < -0.39 is 16.0 Å². The number of carbonyl (C=O) groups is 1. The lowest BCUT2D eigenvalue weighted by Crippen LogP contribution is -2.21. The first-order valence-corrected chi connectivity index (χ1v) is 6.83. The number of hydrogen-bond acceptors (Lipinski definition) is 4. The molecule has 17 heavy (non-hydrogen) atoms. The van der Waals surface area contributed by atoms with Crippen LogP contribution in [0.5, 0.6) is 0 Å². The van der Waals surface area contributed by atoms with Gasteiger partial charge in [0.2, 0.25) is 0 Å². The third kappa shape index (κ3) is 2.48. The second kappa shape index (κ2) is 4.22. The molecule has 2 aromatic rings. The van der Waals surface area contributed by atoms with Crippen molar-refractivity contribution in [3.63, 3.8) is 0 Å². The van der Waals surface area contributed by atoms with E-state index in [-0.39, 0.29) is 9.77 Å². The molecular weight excluding hydrogens is 264 g/mol. The average molecular weight is 272 g/mol. The molecule has 0 aliphatic carbocycles. The van der Waals surface area contributed by atoms with E-state index in [0.29, 0.717) is 0 Å². The van der Waals surface area contributed by atoms with Crippen LogP contribution >= 0.6 is 11.3 Å². The van der Waals surface area contributed by atoms with E-state index in [9.17, 15) is 13.2 Å². The molecule has 0 radical (unpaired) electrons. The van der Waals surface area contributed by atoms with Gasteiger partial charge in [-0.15, -0.1) is 11.3 Å². The minimum absolute atomic E-state index is 0.0159. The molecule has 2 aromatic heterocycles. The summed E-state index contributed by atoms with van der Waals surface area (Å²) in [6.45, 7) is 0. The number of aromatic carboxylic acids is 1. The Balaban J connectivity index is 2.28. The van der Waals surface area contributed by atoms with E-state index in [2.05, 4.69) is 4.83 Å². The molecule has 0 atom stereocenters. The number of rotatable bonds is 4. The maximum absolute atomic E-state index is 11.8. The lowest BCUT2D eigenvalue weighted by atomic mass is 10.5. The third-order valence-electron chi connectivity index (χ3n) is 1.93. The molecule has 6 nitrogen and oxygen atoms in total. The number of sulfonamides is 1. The molecule has 0 amide bonds. The fourth-order valence-corrected chi connectivity index (χ4v) is 3.27. The summed E-state index contributed by atoms with van der Waals surface area (Å²) in [5, 5.41) is 10.00. The van der Waals surface area contributed by atoms with Gasteiger partial charge in [0, 0.05) is 17.8 Å². The van der Waals surface area contributed by atoms with Gasteiger partial charge in [-0.2, -0.15) is 8.42 Å². The Kier molecular flexibility index (Phi) is 2.90. The van der Waals surface area contributed by atoms with Crippen LogP contribution in [-0.2, 0) is 10.0 Å². The molecule has 0 bridgehead atoms. The fraction of sp³-hybridized carbons (Fsp3) is 0. The molecule has 8 heteroatoms. The zero-order valence-corrected chi connectivity index (χ0v) is 10.0. The fourth-order valence-electron chi connectivity index (χ4n) is 1.16. The van der Waals surface area contributed by atoms with Crippen LogP contribution in [0, 0.1) is 0 Å². The molecule has 2 N–H and O–H groups in total. The van der Waals surface area contributed by atoms with Crippen LogP contribution in [-0.4, -0.2) is 24.2 Å². The SMILES string of the molecule is O=C(O)c1cc(S(=O)(=O)Nn2cccc2)cs1. The van der Waals surface area contributed by atoms with Crippen molar-refractivity contribution < 1.29 is 18.3 Å². The van der Waals surface area contributed by atoms with Gasteiger partial charge in [0.1, 0.15) is 9.77 Å². The van der Waals surface area contributed by atoms with Crippen molar-refractivity contribution in [1.29, 1.82) is 0 Å². The second-order valence-corrected chi connectivity index (χ2v) is 5.71. The van der Waals surface area contributed by atoms with Crippen LogP contribution in [0.25, 0.3) is 0 Å². The Hall–Kier alpha value is -1.80. The number of hydrogen-bond donors (Lipinski definition) is 2. The highest BCUT2D eigenvalue weighted by molar-refractivity contribution is 7.92. The van der Waals surface area contributed by atoms with E-state index in [1.54, 1.807) is 12.1 Å². The molecule has 0 unspecified atom stereocenters. The Labute approximate surface area is 101 Å². The van der Waals surface area contributed by atoms with Crippen LogP contribution in [0.1, 0.15) is 9.67 Å². The Bertz CT molecular complexity index is 628. The van der Waals surface area contributed by atoms with Crippen molar-refractivity contribution in [2.24, 2.45) is 0 Å². The summed E-state index contributed by atoms with van der Waals surface area (Å²) in [6.07, 6.45) is 3.06. The van der Waals surface area contributed by atoms with Gasteiger partial charge in [-0.3, -0.25) is 4.68 Å². The molecular formula is C9H8N2O4S2. The first-order chi connectivity index (χ1) is 7.99. The van der Waals surface area contributed by atoms with Gasteiger partial charge in [-0.25, -0.2) is 9.63 Å². The summed E-state index contributed by atoms with van der Waals surface area (Å²) in [4.78, 5) is 12.8. The van der Waals surface area contributed by atoms with Gasteiger partial charge >= 0.3 is 5.97 Å². The monoisotopic (exact) mass is 272 g/mol. The summed E-state index contributed by atoms with van der Waals surface area (Å²) in [5.41, 5.74) is 0. The number of thiophene rings is 1. The van der Waals surface area contributed by atoms with Crippen LogP contribution < -0.4 is 4.83 Å². The molecule has 0 fully saturated rings. The smallest absolute Gasteiger partial charge is 0.345 e. The highest BCUT2D eigenvalue weighted by atomic mass is 32.2. The number of nitrogens with zero attached hydrogens (tertiary/aromatic N) is 1. The van der Waals surface area contributed by atoms with Gasteiger partial charge in [0.25, 0.3) is 10.0 Å². The van der Waals surface area contributed by atoms with Crippen LogP contribution in [0.3, 0.4) is 0 Å². The predicted octanol–water partition coefficient (Wildman–Crippen LogP) is 1.18. The van der Waals surface area contributed by atoms with E-state index >= 15 is 0 Å². The highest BCUT2D eigenvalue weighted by Gasteiger charge is 2.18. The van der Waals surface area contributed by atoms with E-state index in [1.165, 1.54) is 22.4 Å². The molecule has 0 aromatic carbocycles. The molecule has 0 aliphatic rings. The van der Waals surface area contributed by atoms with Crippen molar-refractivity contribution >= 4 is 27.3 Å². The Morgan fingerprint density at radius 1 is 1.35 bits per heavy atom. The maximum atomic E-state index is 11.8. The Morgan fingerprint density at radius 2 is 2.00 bits per heavy atom. The second-order valence-electron chi connectivity index (χ2n) is 3.14. The molecule has 0 saturated heterocycles. The van der Waals surface area contributed by atoms with Crippen LogP contribution in [0.2, 0.25) is 0 Å². The lowest BCUT2D eigenvalue weighted by Gasteiger charge is -2.06. The molecule has 0 spiro atoms. The first-order valence-electron chi connectivity index (χ1n) is 4.47. The topological polar surface area (TPSA) is 88.4 Å². The third-order valence-corrected chi connectivity index (χ3v) is 4.30. The molecule has 2 rings (SSSR count). The number of carboxylic acid groups (broad SMARTS) is 1. The summed E-state index contributed by atoms with van der Waals surface area (Å²) < 4.78 is 24.9. The van der Waals surface area contributed by atoms with Crippen molar-refractivity contribution in [2.75, 3.05) is 4.83 Å². The van der Waals surface area contributed by atoms with Crippen LogP contribution in [0.15, 0.2) is 40.9 Å². The minimum atomic E-state index is -3.74. The van der Waals surface area contributed by atoms with E-state index in [1.807, 2.05) is 0 Å². The van der Waals surface area contributed by atoms with Gasteiger partial charge in [0.05, 0.1) is 0 Å². The zero-order chi connectivity index (χ0) is 12.5. The van der Waals surface area contributed by atoms with Gasteiger partial charge in [-0.05, 0) is 18.2 Å². The summed E-state index contributed by atoms with van der Waals surface area (Å²) >= 11 is 0.869. The quantitative estimate of drug-likeness (QED) is 0.874. The van der Waals surface area contributed by atoms with Gasteiger partial charge in [0.15, 0.2) is 0 Å². The first kappa shape index (κ1) is 11.7. The maximum Gasteiger partial charge on any atom is 0.345 e. The van der Waals surface area contributed by atoms with E-state index in [0.717, 1.165) is 17.4 Å². The zero-order valence-electron chi connectivity index (χ0n) is 8.40. The van der Waals surface area contributed by atoms with Crippen molar-refractivity contribution in [3.05, 3.63) is 40.8 Å². The predicted molar refractivity (Wildman–Crippen MR) is 62.3 cm³/mol. The van der Waals surface area contributed by atoms with Crippen molar-refractivity contribution in [1.82, 2.24) is 4.68 Å². The lowest BCUT2D eigenvalue weighted by molar-refractivity contribution is 0.0702. The largest absolute Gasteiger partial charge is 0.477 e. The number of nitrogens with one attached hydrogen (secondary N) is 1. The average Bonchev–Trinajstić information content (AvgIpc) is 2.84. The summed E-state index contributed by atoms with van der Waals surface area (Å²) in [6, 6.07) is 4.45. The summed E-state index contributed by atoms with van der Waals surface area (Å²) in [7, 11) is -3.74. The number of carboxylic acids is 1. The van der Waals surface area contributed by atoms with Crippen molar-refractivity contribution in [2.45, 2.75) is 4.90 Å². The summed E-state index contributed by atoms with van der Waals surface area (Å²) in [5.74, 6) is -1.14. The molecule has 0 aliphatic heterocycles. The standard InChI is InChI=1S/C9H8N2O4S2/c12-9(13)8-5-7(6-16-8)17(14,15)10-11-3-1-2-4-11/h1-6,10H,(H,12,13). The Morgan fingerprint density at radius 3 is 2.53 bits per heavy atom. The highest BCUT2D eigenvalue weighted by Crippen LogP contribution is 2.19. The van der Waals surface area contributed by atoms with Gasteiger partial charge < -0.3 is 5.11 Å². The van der Waals surface area contributed by atoms with Gasteiger partial charge in [-0.1, -0.05) is 0 Å². The van der Waals surface area contributed by atoms with Crippen LogP contribution in [0.4, 0.5) is 0 Å². The van der Waals surface area contributed by atoms with Crippen molar-refractivity contribution in [3.8, 4) is 0 Å². The van der Waals surface area contributed by atoms with E-state index in [4.69, 9.17) is 5.11 Å². The number of aromatic nitrogens is 1. The normalized spacial score (nSPS) is 11.3. The molecule has 90 valence electrons.